The summed E-state index contributed by atoms with van der Waals surface area (Å²) >= 11 is 0. The Morgan fingerprint density at radius 1 is 1.00 bits per heavy atom. The zero-order chi connectivity index (χ0) is 21.2. The lowest BCUT2D eigenvalue weighted by molar-refractivity contribution is -0.142. The molecule has 0 aliphatic carbocycles. The van der Waals surface area contributed by atoms with Crippen molar-refractivity contribution in [2.24, 2.45) is 5.41 Å². The number of urea groups is 1. The maximum atomic E-state index is 12.8. The monoisotopic (exact) mass is 403 g/mol. The first kappa shape index (κ1) is 21.3. The summed E-state index contributed by atoms with van der Waals surface area (Å²) in [6.07, 6.45) is 0.237. The van der Waals surface area contributed by atoms with Crippen molar-refractivity contribution in [1.82, 2.24) is 15.1 Å². The number of benzene rings is 1. The molecule has 0 bridgehead atoms. The van der Waals surface area contributed by atoms with Gasteiger partial charge in [-0.1, -0.05) is 32.9 Å². The lowest BCUT2D eigenvalue weighted by Crippen LogP contribution is -2.58. The molecule has 0 spiro atoms. The Kier molecular flexibility index (Phi) is 5.96. The molecule has 3 rings (SSSR count). The van der Waals surface area contributed by atoms with Crippen LogP contribution in [0.2, 0.25) is 0 Å². The molecule has 2 heterocycles. The summed E-state index contributed by atoms with van der Waals surface area (Å²) in [5.74, 6) is 1.17. The van der Waals surface area contributed by atoms with E-state index in [4.69, 9.17) is 9.47 Å². The van der Waals surface area contributed by atoms with Gasteiger partial charge in [-0.05, 0) is 37.8 Å². The maximum Gasteiger partial charge on any atom is 0.317 e. The van der Waals surface area contributed by atoms with Crippen LogP contribution < -0.4 is 14.8 Å². The molecule has 7 heteroatoms. The normalized spacial score (nSPS) is 19.7. The molecule has 1 atom stereocenters. The Morgan fingerprint density at radius 2 is 1.59 bits per heavy atom. The number of carbonyl (C=O) groups is 2. The SMILES string of the molecule is CC(C)(C)CC(C)(C)NC(=O)N1CCN(C(=O)C2COc3ccccc3O2)CC1. The Hall–Kier alpha value is -2.44. The molecule has 1 saturated heterocycles. The minimum absolute atomic E-state index is 0.0717. The highest BCUT2D eigenvalue weighted by molar-refractivity contribution is 5.82. The van der Waals surface area contributed by atoms with Gasteiger partial charge in [-0.15, -0.1) is 0 Å². The van der Waals surface area contributed by atoms with Crippen LogP contribution >= 0.6 is 0 Å². The molecule has 3 amide bonds. The van der Waals surface area contributed by atoms with Crippen molar-refractivity contribution in [1.29, 1.82) is 0 Å². The third kappa shape index (κ3) is 5.55. The van der Waals surface area contributed by atoms with E-state index in [0.717, 1.165) is 6.42 Å². The molecule has 1 unspecified atom stereocenters. The number of rotatable bonds is 3. The molecule has 1 aromatic rings. The number of hydrogen-bond acceptors (Lipinski definition) is 4. The zero-order valence-electron chi connectivity index (χ0n) is 18.2. The van der Waals surface area contributed by atoms with Crippen molar-refractivity contribution < 1.29 is 19.1 Å². The molecule has 0 radical (unpaired) electrons. The van der Waals surface area contributed by atoms with E-state index in [2.05, 4.69) is 26.1 Å². The molecular formula is C22H33N3O4. The maximum absolute atomic E-state index is 12.8. The third-order valence-corrected chi connectivity index (χ3v) is 5.08. The topological polar surface area (TPSA) is 71.1 Å². The lowest BCUT2D eigenvalue weighted by atomic mass is 9.82. The fraction of sp³-hybridized carbons (Fsp3) is 0.636. The minimum Gasteiger partial charge on any atom is -0.485 e. The van der Waals surface area contributed by atoms with Gasteiger partial charge in [0.1, 0.15) is 6.61 Å². The number of nitrogens with one attached hydrogen (secondary N) is 1. The quantitative estimate of drug-likeness (QED) is 0.842. The third-order valence-electron chi connectivity index (χ3n) is 5.08. The zero-order valence-corrected chi connectivity index (χ0v) is 18.2. The molecule has 1 fully saturated rings. The van der Waals surface area contributed by atoms with Crippen LogP contribution in [0.25, 0.3) is 0 Å². The highest BCUT2D eigenvalue weighted by Gasteiger charge is 2.34. The standard InChI is InChI=1S/C22H33N3O4/c1-21(2,3)15-22(4,5)23-20(27)25-12-10-24(11-13-25)19(26)18-14-28-16-8-6-7-9-17(16)29-18/h6-9,18H,10-15H2,1-5H3,(H,23,27). The second kappa shape index (κ2) is 8.13. The number of para-hydroxylation sites is 2. The van der Waals surface area contributed by atoms with Gasteiger partial charge in [0.05, 0.1) is 0 Å². The van der Waals surface area contributed by atoms with E-state index in [1.54, 1.807) is 15.9 Å². The first-order valence-electron chi connectivity index (χ1n) is 10.3. The summed E-state index contributed by atoms with van der Waals surface area (Å²) in [7, 11) is 0. The highest BCUT2D eigenvalue weighted by Crippen LogP contribution is 2.31. The Bertz CT molecular complexity index is 749. The van der Waals surface area contributed by atoms with Gasteiger partial charge in [0.2, 0.25) is 6.10 Å². The highest BCUT2D eigenvalue weighted by atomic mass is 16.6. The van der Waals surface area contributed by atoms with Crippen LogP contribution in [-0.4, -0.2) is 66.2 Å². The summed E-state index contributed by atoms with van der Waals surface area (Å²) in [5, 5.41) is 3.14. The van der Waals surface area contributed by atoms with Crippen molar-refractivity contribution >= 4 is 11.9 Å². The molecule has 0 aromatic heterocycles. The summed E-state index contributed by atoms with van der Waals surface area (Å²) in [5.41, 5.74) is -0.161. The molecular weight excluding hydrogens is 370 g/mol. The lowest BCUT2D eigenvalue weighted by Gasteiger charge is -2.39. The molecule has 29 heavy (non-hydrogen) atoms. The summed E-state index contributed by atoms with van der Waals surface area (Å²) < 4.78 is 11.5. The summed E-state index contributed by atoms with van der Waals surface area (Å²) in [6, 6.07) is 7.29. The number of carbonyl (C=O) groups excluding carboxylic acids is 2. The summed E-state index contributed by atoms with van der Waals surface area (Å²) in [6.45, 7) is 12.8. The average molecular weight is 404 g/mol. The molecule has 1 aromatic carbocycles. The van der Waals surface area contributed by atoms with E-state index < -0.39 is 6.10 Å². The summed E-state index contributed by atoms with van der Waals surface area (Å²) in [4.78, 5) is 29.0. The van der Waals surface area contributed by atoms with Gasteiger partial charge in [0.15, 0.2) is 11.5 Å². The Morgan fingerprint density at radius 3 is 2.21 bits per heavy atom. The van der Waals surface area contributed by atoms with E-state index in [1.165, 1.54) is 0 Å². The number of fused-ring (bicyclic) bond motifs is 1. The molecule has 2 aliphatic rings. The number of amides is 3. The molecule has 0 saturated carbocycles. The van der Waals surface area contributed by atoms with Crippen molar-refractivity contribution in [2.75, 3.05) is 32.8 Å². The van der Waals surface area contributed by atoms with E-state index in [0.29, 0.717) is 37.7 Å². The Labute approximate surface area is 173 Å². The number of piperazine rings is 1. The average Bonchev–Trinajstić information content (AvgIpc) is 2.64. The van der Waals surface area contributed by atoms with E-state index >= 15 is 0 Å². The second-order valence-corrected chi connectivity index (χ2v) is 9.73. The van der Waals surface area contributed by atoms with Gasteiger partial charge in [-0.3, -0.25) is 4.79 Å². The number of nitrogens with zero attached hydrogens (tertiary/aromatic N) is 2. The van der Waals surface area contributed by atoms with Crippen LogP contribution in [0.3, 0.4) is 0 Å². The van der Waals surface area contributed by atoms with Crippen LogP contribution in [0.1, 0.15) is 41.0 Å². The van der Waals surface area contributed by atoms with Gasteiger partial charge in [-0.25, -0.2) is 4.79 Å². The van der Waals surface area contributed by atoms with E-state index in [9.17, 15) is 9.59 Å². The van der Waals surface area contributed by atoms with Gasteiger partial charge >= 0.3 is 6.03 Å². The van der Waals surface area contributed by atoms with Crippen molar-refractivity contribution in [3.63, 3.8) is 0 Å². The van der Waals surface area contributed by atoms with Crippen molar-refractivity contribution in [2.45, 2.75) is 52.7 Å². The molecule has 1 N–H and O–H groups in total. The van der Waals surface area contributed by atoms with Crippen LogP contribution in [-0.2, 0) is 4.79 Å². The van der Waals surface area contributed by atoms with Gasteiger partial charge in [-0.2, -0.15) is 0 Å². The predicted octanol–water partition coefficient (Wildman–Crippen LogP) is 2.90. The van der Waals surface area contributed by atoms with Crippen LogP contribution in [0.4, 0.5) is 4.79 Å². The van der Waals surface area contributed by atoms with Crippen LogP contribution in [0, 0.1) is 5.41 Å². The van der Waals surface area contributed by atoms with Crippen LogP contribution in [0.5, 0.6) is 11.5 Å². The smallest absolute Gasteiger partial charge is 0.317 e. The van der Waals surface area contributed by atoms with Crippen LogP contribution in [0.15, 0.2) is 24.3 Å². The van der Waals surface area contributed by atoms with Gasteiger partial charge in [0, 0.05) is 31.7 Å². The molecule has 160 valence electrons. The fourth-order valence-electron chi connectivity index (χ4n) is 4.21. The first-order chi connectivity index (χ1) is 13.5. The van der Waals surface area contributed by atoms with E-state index in [1.807, 2.05) is 32.0 Å². The van der Waals surface area contributed by atoms with E-state index in [-0.39, 0.29) is 29.5 Å². The van der Waals surface area contributed by atoms with Gasteiger partial charge < -0.3 is 24.6 Å². The fourth-order valence-corrected chi connectivity index (χ4v) is 4.21. The van der Waals surface area contributed by atoms with Gasteiger partial charge in [0.25, 0.3) is 5.91 Å². The number of ether oxygens (including phenoxy) is 2. The minimum atomic E-state index is -0.643. The molecule has 2 aliphatic heterocycles. The largest absolute Gasteiger partial charge is 0.485 e. The Balaban J connectivity index is 1.50. The second-order valence-electron chi connectivity index (χ2n) is 9.73. The predicted molar refractivity (Wildman–Crippen MR) is 111 cm³/mol. The number of hydrogen-bond donors (Lipinski definition) is 1. The van der Waals surface area contributed by atoms with Crippen molar-refractivity contribution in [3.05, 3.63) is 24.3 Å². The molecule has 7 nitrogen and oxygen atoms in total. The first-order valence-corrected chi connectivity index (χ1v) is 10.3. The van der Waals surface area contributed by atoms with Crippen molar-refractivity contribution in [3.8, 4) is 11.5 Å².